The largest absolute Gasteiger partial charge is 0.548 e. The average molecular weight is 591 g/mol. The van der Waals surface area contributed by atoms with Crippen molar-refractivity contribution in [2.75, 3.05) is 66.9 Å². The van der Waals surface area contributed by atoms with Crippen LogP contribution in [0.15, 0.2) is 60.7 Å². The van der Waals surface area contributed by atoms with Crippen molar-refractivity contribution in [3.05, 3.63) is 71.8 Å². The van der Waals surface area contributed by atoms with Gasteiger partial charge in [0, 0.05) is 35.5 Å². The molecule has 0 radical (unpaired) electrons. The minimum atomic E-state index is -1.36. The van der Waals surface area contributed by atoms with Gasteiger partial charge in [0.1, 0.15) is 13.1 Å². The Balaban J connectivity index is 0.000000621. The van der Waals surface area contributed by atoms with E-state index < -0.39 is 36.8 Å². The SMILES string of the molecule is C[N+](C)(C)Cc1ccccc1.C[N+](C)(C)Cc1ccccc1.O=C([O-])CNC(=O)CCSCCC(=O)NCC(=O)[O-]. The number of amides is 2. The van der Waals surface area contributed by atoms with Gasteiger partial charge < -0.3 is 39.4 Å². The second-order valence-corrected chi connectivity index (χ2v) is 12.5. The molecule has 0 unspecified atom stereocenters. The summed E-state index contributed by atoms with van der Waals surface area (Å²) in [5, 5.41) is 24.4. The van der Waals surface area contributed by atoms with Crippen LogP contribution < -0.4 is 20.8 Å². The summed E-state index contributed by atoms with van der Waals surface area (Å²) in [6, 6.07) is 21.1. The van der Waals surface area contributed by atoms with Gasteiger partial charge in [0.25, 0.3) is 0 Å². The van der Waals surface area contributed by atoms with Crippen LogP contribution in [0.5, 0.6) is 0 Å². The summed E-state index contributed by atoms with van der Waals surface area (Å²) in [6.45, 7) is 1.16. The van der Waals surface area contributed by atoms with E-state index in [0.717, 1.165) is 22.1 Å². The second kappa shape index (κ2) is 20.5. The molecule has 0 saturated heterocycles. The van der Waals surface area contributed by atoms with Crippen LogP contribution in [0, 0.1) is 0 Å². The zero-order valence-corrected chi connectivity index (χ0v) is 26.0. The molecule has 41 heavy (non-hydrogen) atoms. The Kier molecular flexibility index (Phi) is 18.8. The zero-order valence-electron chi connectivity index (χ0n) is 25.2. The lowest BCUT2D eigenvalue weighted by molar-refractivity contribution is -0.884. The van der Waals surface area contributed by atoms with Crippen molar-refractivity contribution in [1.29, 1.82) is 0 Å². The van der Waals surface area contributed by atoms with Gasteiger partial charge in [0.15, 0.2) is 0 Å². The minimum Gasteiger partial charge on any atom is -0.548 e. The van der Waals surface area contributed by atoms with E-state index in [1.807, 2.05) is 0 Å². The summed E-state index contributed by atoms with van der Waals surface area (Å²) < 4.78 is 1.98. The van der Waals surface area contributed by atoms with Gasteiger partial charge in [-0.1, -0.05) is 60.7 Å². The summed E-state index contributed by atoms with van der Waals surface area (Å²) in [4.78, 5) is 42.2. The summed E-state index contributed by atoms with van der Waals surface area (Å²) in [7, 11) is 13.2. The van der Waals surface area contributed by atoms with Crippen molar-refractivity contribution < 1.29 is 38.4 Å². The molecule has 0 aliphatic heterocycles. The van der Waals surface area contributed by atoms with E-state index in [9.17, 15) is 29.4 Å². The number of quaternary nitrogens is 2. The quantitative estimate of drug-likeness (QED) is 0.234. The molecule has 0 spiro atoms. The van der Waals surface area contributed by atoms with E-state index in [4.69, 9.17) is 0 Å². The molecule has 0 atom stereocenters. The Morgan fingerprint density at radius 3 is 1.20 bits per heavy atom. The van der Waals surface area contributed by atoms with E-state index in [1.54, 1.807) is 0 Å². The fourth-order valence-corrected chi connectivity index (χ4v) is 4.08. The zero-order chi connectivity index (χ0) is 31.3. The Bertz CT molecular complexity index is 955. The summed E-state index contributed by atoms with van der Waals surface area (Å²) in [5.74, 6) is -2.65. The monoisotopic (exact) mass is 590 g/mol. The van der Waals surface area contributed by atoms with Gasteiger partial charge in [-0.3, -0.25) is 9.59 Å². The molecular weight excluding hydrogens is 544 g/mol. The van der Waals surface area contributed by atoms with Crippen LogP contribution in [0.2, 0.25) is 0 Å². The lowest BCUT2D eigenvalue weighted by atomic mass is 10.2. The number of carboxylic acids is 2. The standard InChI is InChI=1S/C10H16N2O6S.2C10H16N/c13-7(11-5-9(15)16)1-3-19-4-2-8(14)12-6-10(17)18;2*1-11(2,3)9-10-7-5-4-6-8-10/h1-6H2,(H,11,13)(H,12,14)(H,15,16)(H,17,18);2*4-8H,9H2,1-3H3/q;2*+1/p-2. The van der Waals surface area contributed by atoms with Gasteiger partial charge in [-0.05, 0) is 0 Å². The summed E-state index contributed by atoms with van der Waals surface area (Å²) in [5.41, 5.74) is 2.81. The number of carboxylic acid groups (broad SMARTS) is 2. The molecule has 11 heteroatoms. The number of carbonyl (C=O) groups is 4. The Hall–Kier alpha value is -3.41. The highest BCUT2D eigenvalue weighted by atomic mass is 32.2. The van der Waals surface area contributed by atoms with E-state index in [2.05, 4.69) is 114 Å². The number of aliphatic carboxylic acids is 2. The number of benzene rings is 2. The Morgan fingerprint density at radius 1 is 0.610 bits per heavy atom. The third-order valence-electron chi connectivity index (χ3n) is 4.81. The fourth-order valence-electron chi connectivity index (χ4n) is 3.21. The molecule has 0 aliphatic rings. The molecule has 0 saturated carbocycles. The van der Waals surface area contributed by atoms with Crippen molar-refractivity contribution in [2.24, 2.45) is 0 Å². The van der Waals surface area contributed by atoms with E-state index >= 15 is 0 Å². The molecule has 0 fully saturated rings. The molecule has 2 N–H and O–H groups in total. The number of carbonyl (C=O) groups excluding carboxylic acids is 4. The fraction of sp³-hybridized carbons (Fsp3) is 0.467. The van der Waals surface area contributed by atoms with Crippen LogP contribution in [-0.2, 0) is 32.3 Å². The van der Waals surface area contributed by atoms with Gasteiger partial charge in [-0.15, -0.1) is 0 Å². The lowest BCUT2D eigenvalue weighted by Gasteiger charge is -2.23. The third-order valence-corrected chi connectivity index (χ3v) is 5.79. The van der Waals surface area contributed by atoms with Crippen molar-refractivity contribution in [3.63, 3.8) is 0 Å². The van der Waals surface area contributed by atoms with Crippen LogP contribution >= 0.6 is 11.8 Å². The topological polar surface area (TPSA) is 138 Å². The van der Waals surface area contributed by atoms with Crippen LogP contribution in [0.25, 0.3) is 0 Å². The van der Waals surface area contributed by atoms with Gasteiger partial charge in [0.2, 0.25) is 11.8 Å². The Labute approximate surface area is 248 Å². The predicted molar refractivity (Wildman–Crippen MR) is 159 cm³/mol. The van der Waals surface area contributed by atoms with E-state index in [-0.39, 0.29) is 12.8 Å². The van der Waals surface area contributed by atoms with E-state index in [1.165, 1.54) is 22.9 Å². The molecule has 2 aromatic rings. The maximum atomic E-state index is 11.1. The highest BCUT2D eigenvalue weighted by Gasteiger charge is 2.07. The first-order chi connectivity index (χ1) is 19.1. The summed E-state index contributed by atoms with van der Waals surface area (Å²) in [6.07, 6.45) is 0.275. The van der Waals surface area contributed by atoms with Crippen LogP contribution in [-0.4, -0.2) is 99.6 Å². The molecule has 0 aromatic heterocycles. The Morgan fingerprint density at radius 2 is 0.927 bits per heavy atom. The van der Waals surface area contributed by atoms with Crippen LogP contribution in [0.3, 0.4) is 0 Å². The highest BCUT2D eigenvalue weighted by Crippen LogP contribution is 2.06. The third kappa shape index (κ3) is 26.6. The van der Waals surface area contributed by atoms with Gasteiger partial charge >= 0.3 is 0 Å². The molecule has 2 amide bonds. The highest BCUT2D eigenvalue weighted by molar-refractivity contribution is 7.99. The first kappa shape index (κ1) is 37.6. The average Bonchev–Trinajstić information content (AvgIpc) is 2.86. The van der Waals surface area contributed by atoms with Crippen LogP contribution in [0.1, 0.15) is 24.0 Å². The maximum absolute atomic E-state index is 11.1. The minimum absolute atomic E-state index is 0.138. The molecular formula is C30H46N4O6S. The van der Waals surface area contributed by atoms with Crippen molar-refractivity contribution >= 4 is 35.5 Å². The molecule has 2 rings (SSSR count). The normalized spacial score (nSPS) is 10.7. The first-order valence-electron chi connectivity index (χ1n) is 13.3. The number of rotatable bonds is 14. The number of hydrogen-bond acceptors (Lipinski definition) is 7. The summed E-state index contributed by atoms with van der Waals surface area (Å²) >= 11 is 1.33. The molecule has 2 aromatic carbocycles. The van der Waals surface area contributed by atoms with Gasteiger partial charge in [-0.2, -0.15) is 11.8 Å². The lowest BCUT2D eigenvalue weighted by Crippen LogP contribution is -2.38. The molecule has 0 heterocycles. The number of nitrogens with one attached hydrogen (secondary N) is 2. The maximum Gasteiger partial charge on any atom is 0.221 e. The smallest absolute Gasteiger partial charge is 0.221 e. The van der Waals surface area contributed by atoms with E-state index in [0.29, 0.717) is 11.5 Å². The molecule has 0 aliphatic carbocycles. The number of thioether (sulfide) groups is 1. The second-order valence-electron chi connectivity index (χ2n) is 11.3. The van der Waals surface area contributed by atoms with Crippen molar-refractivity contribution in [3.8, 4) is 0 Å². The number of nitrogens with zero attached hydrogens (tertiary/aromatic N) is 2. The molecule has 10 nitrogen and oxygen atoms in total. The number of hydrogen-bond donors (Lipinski definition) is 2. The van der Waals surface area contributed by atoms with Gasteiger partial charge in [0.05, 0.1) is 67.3 Å². The van der Waals surface area contributed by atoms with Crippen LogP contribution in [0.4, 0.5) is 0 Å². The van der Waals surface area contributed by atoms with Crippen molar-refractivity contribution in [2.45, 2.75) is 25.9 Å². The van der Waals surface area contributed by atoms with Crippen molar-refractivity contribution in [1.82, 2.24) is 10.6 Å². The molecule has 0 bridgehead atoms. The first-order valence-corrected chi connectivity index (χ1v) is 14.4. The molecule has 228 valence electrons. The predicted octanol–water partition coefficient (Wildman–Crippen LogP) is 0.0176. The van der Waals surface area contributed by atoms with Gasteiger partial charge in [-0.25, -0.2) is 0 Å².